The van der Waals surface area contributed by atoms with Gasteiger partial charge < -0.3 is 10.2 Å². The SMILES string of the molecule is CCc1coc2cnc(C(C)Sc3nc(N)cc(C#N)n3)cc12. The summed E-state index contributed by atoms with van der Waals surface area (Å²) in [6.07, 6.45) is 4.41. The molecule has 3 aromatic rings. The van der Waals surface area contributed by atoms with E-state index in [1.807, 2.05) is 19.1 Å². The Bertz CT molecular complexity index is 899. The fourth-order valence-electron chi connectivity index (χ4n) is 2.27. The first kappa shape index (κ1) is 15.3. The average Bonchev–Trinajstić information content (AvgIpc) is 2.96. The third kappa shape index (κ3) is 3.12. The van der Waals surface area contributed by atoms with Crippen LogP contribution in [-0.2, 0) is 6.42 Å². The van der Waals surface area contributed by atoms with Crippen LogP contribution in [-0.4, -0.2) is 15.0 Å². The summed E-state index contributed by atoms with van der Waals surface area (Å²) in [5.74, 6) is 0.290. The highest BCUT2D eigenvalue weighted by molar-refractivity contribution is 7.99. The number of thioether (sulfide) groups is 1. The van der Waals surface area contributed by atoms with E-state index in [-0.39, 0.29) is 16.8 Å². The first-order valence-electron chi connectivity index (χ1n) is 7.18. The summed E-state index contributed by atoms with van der Waals surface area (Å²) >= 11 is 1.42. The molecule has 0 spiro atoms. The van der Waals surface area contributed by atoms with Crippen molar-refractivity contribution in [1.29, 1.82) is 5.26 Å². The van der Waals surface area contributed by atoms with Gasteiger partial charge in [0.25, 0.3) is 0 Å². The number of aryl methyl sites for hydroxylation is 1. The highest BCUT2D eigenvalue weighted by Gasteiger charge is 2.15. The summed E-state index contributed by atoms with van der Waals surface area (Å²) in [7, 11) is 0. The molecule has 0 radical (unpaired) electrons. The average molecular weight is 325 g/mol. The van der Waals surface area contributed by atoms with Gasteiger partial charge in [-0.05, 0) is 25.0 Å². The second kappa shape index (κ2) is 6.26. The lowest BCUT2D eigenvalue weighted by atomic mass is 10.1. The van der Waals surface area contributed by atoms with Crippen LogP contribution < -0.4 is 5.73 Å². The van der Waals surface area contributed by atoms with Gasteiger partial charge in [0.15, 0.2) is 10.7 Å². The maximum Gasteiger partial charge on any atom is 0.191 e. The molecule has 3 rings (SSSR count). The smallest absolute Gasteiger partial charge is 0.191 e. The van der Waals surface area contributed by atoms with Crippen LogP contribution in [0.25, 0.3) is 11.0 Å². The summed E-state index contributed by atoms with van der Waals surface area (Å²) in [6, 6.07) is 5.48. The van der Waals surface area contributed by atoms with E-state index in [0.717, 1.165) is 28.6 Å². The number of furan rings is 1. The number of hydrogen-bond donors (Lipinski definition) is 1. The number of fused-ring (bicyclic) bond motifs is 1. The predicted octanol–water partition coefficient (Wildman–Crippen LogP) is 3.49. The van der Waals surface area contributed by atoms with Crippen molar-refractivity contribution in [3.63, 3.8) is 0 Å². The molecule has 2 N–H and O–H groups in total. The number of aromatic nitrogens is 3. The van der Waals surface area contributed by atoms with Gasteiger partial charge in [-0.15, -0.1) is 0 Å². The maximum absolute atomic E-state index is 8.96. The number of nitrogen functional groups attached to an aromatic ring is 1. The molecule has 23 heavy (non-hydrogen) atoms. The van der Waals surface area contributed by atoms with Gasteiger partial charge in [0, 0.05) is 11.5 Å². The quantitative estimate of drug-likeness (QED) is 0.578. The zero-order valence-electron chi connectivity index (χ0n) is 12.8. The molecule has 0 aliphatic carbocycles. The zero-order valence-corrected chi connectivity index (χ0v) is 13.6. The molecule has 3 heterocycles. The van der Waals surface area contributed by atoms with E-state index in [2.05, 4.69) is 21.9 Å². The molecule has 0 amide bonds. The fourth-order valence-corrected chi connectivity index (χ4v) is 3.14. The first-order valence-corrected chi connectivity index (χ1v) is 8.06. The molecule has 1 atom stereocenters. The number of hydrogen-bond acceptors (Lipinski definition) is 7. The molecule has 0 aliphatic heterocycles. The Labute approximate surface area is 137 Å². The van der Waals surface area contributed by atoms with Gasteiger partial charge in [-0.3, -0.25) is 4.98 Å². The lowest BCUT2D eigenvalue weighted by Gasteiger charge is -2.10. The first-order chi connectivity index (χ1) is 11.1. The van der Waals surface area contributed by atoms with E-state index < -0.39 is 0 Å². The Morgan fingerprint density at radius 1 is 1.39 bits per heavy atom. The van der Waals surface area contributed by atoms with Gasteiger partial charge >= 0.3 is 0 Å². The Kier molecular flexibility index (Phi) is 4.17. The van der Waals surface area contributed by atoms with Crippen LogP contribution in [0.5, 0.6) is 0 Å². The normalized spacial score (nSPS) is 12.2. The highest BCUT2D eigenvalue weighted by Crippen LogP contribution is 2.34. The number of nitriles is 1. The van der Waals surface area contributed by atoms with E-state index in [1.165, 1.54) is 17.8 Å². The van der Waals surface area contributed by atoms with Crippen molar-refractivity contribution in [1.82, 2.24) is 15.0 Å². The van der Waals surface area contributed by atoms with E-state index in [0.29, 0.717) is 5.16 Å². The zero-order chi connectivity index (χ0) is 16.4. The monoisotopic (exact) mass is 325 g/mol. The lowest BCUT2D eigenvalue weighted by molar-refractivity contribution is 0.609. The van der Waals surface area contributed by atoms with E-state index >= 15 is 0 Å². The molecule has 0 aliphatic rings. The second-order valence-electron chi connectivity index (χ2n) is 5.05. The van der Waals surface area contributed by atoms with Crippen molar-refractivity contribution in [2.24, 2.45) is 0 Å². The third-order valence-electron chi connectivity index (χ3n) is 3.48. The molecule has 6 nitrogen and oxygen atoms in total. The standard InChI is InChI=1S/C16H15N5OS/c1-3-10-8-22-14-7-19-13(5-12(10)14)9(2)23-16-20-11(6-17)4-15(18)21-16/h4-5,7-9H,3H2,1-2H3,(H2,18,20,21). The molecule has 0 bridgehead atoms. The van der Waals surface area contributed by atoms with Crippen LogP contribution in [0.4, 0.5) is 5.82 Å². The van der Waals surface area contributed by atoms with Crippen molar-refractivity contribution in [2.45, 2.75) is 30.7 Å². The molecule has 0 saturated heterocycles. The van der Waals surface area contributed by atoms with Gasteiger partial charge in [-0.25, -0.2) is 9.97 Å². The summed E-state index contributed by atoms with van der Waals surface area (Å²) in [5, 5.41) is 10.5. The van der Waals surface area contributed by atoms with Gasteiger partial charge in [0.05, 0.1) is 23.4 Å². The minimum absolute atomic E-state index is 0.0207. The highest BCUT2D eigenvalue weighted by atomic mass is 32.2. The van der Waals surface area contributed by atoms with E-state index in [9.17, 15) is 0 Å². The Hall–Kier alpha value is -2.59. The van der Waals surface area contributed by atoms with Gasteiger partial charge in [0.1, 0.15) is 17.6 Å². The van der Waals surface area contributed by atoms with Crippen molar-refractivity contribution < 1.29 is 4.42 Å². The molecular formula is C16H15N5OS. The van der Waals surface area contributed by atoms with Crippen molar-refractivity contribution >= 4 is 28.5 Å². The summed E-state index contributed by atoms with van der Waals surface area (Å²) in [4.78, 5) is 12.8. The second-order valence-corrected chi connectivity index (χ2v) is 6.36. The van der Waals surface area contributed by atoms with Crippen molar-refractivity contribution in [3.05, 3.63) is 41.5 Å². The molecule has 7 heteroatoms. The molecular weight excluding hydrogens is 310 g/mol. The van der Waals surface area contributed by atoms with Crippen LogP contribution in [0.3, 0.4) is 0 Å². The van der Waals surface area contributed by atoms with Crippen LogP contribution in [0, 0.1) is 11.3 Å². The van der Waals surface area contributed by atoms with Crippen LogP contribution >= 0.6 is 11.8 Å². The Morgan fingerprint density at radius 3 is 2.96 bits per heavy atom. The number of rotatable bonds is 4. The van der Waals surface area contributed by atoms with E-state index in [4.69, 9.17) is 15.4 Å². The summed E-state index contributed by atoms with van der Waals surface area (Å²) < 4.78 is 5.49. The van der Waals surface area contributed by atoms with Gasteiger partial charge in [-0.1, -0.05) is 18.7 Å². The molecule has 3 aromatic heterocycles. The number of nitrogens with zero attached hydrogens (tertiary/aromatic N) is 4. The summed E-state index contributed by atoms with van der Waals surface area (Å²) in [5.41, 5.74) is 8.82. The van der Waals surface area contributed by atoms with Crippen molar-refractivity contribution in [2.75, 3.05) is 5.73 Å². The Morgan fingerprint density at radius 2 is 2.22 bits per heavy atom. The lowest BCUT2D eigenvalue weighted by Crippen LogP contribution is -1.99. The molecule has 116 valence electrons. The molecule has 0 fully saturated rings. The summed E-state index contributed by atoms with van der Waals surface area (Å²) in [6.45, 7) is 4.11. The molecule has 0 saturated carbocycles. The van der Waals surface area contributed by atoms with Gasteiger partial charge in [0.2, 0.25) is 0 Å². The minimum atomic E-state index is 0.0207. The van der Waals surface area contributed by atoms with E-state index in [1.54, 1.807) is 12.5 Å². The number of nitrogens with two attached hydrogens (primary N) is 1. The minimum Gasteiger partial charge on any atom is -0.462 e. The number of anilines is 1. The van der Waals surface area contributed by atoms with Crippen LogP contribution in [0.2, 0.25) is 0 Å². The largest absolute Gasteiger partial charge is 0.462 e. The predicted molar refractivity (Wildman–Crippen MR) is 88.8 cm³/mol. The third-order valence-corrected chi connectivity index (χ3v) is 4.47. The van der Waals surface area contributed by atoms with Crippen LogP contribution in [0.15, 0.2) is 34.2 Å². The van der Waals surface area contributed by atoms with Gasteiger partial charge in [-0.2, -0.15) is 5.26 Å². The molecule has 0 aromatic carbocycles. The van der Waals surface area contributed by atoms with Crippen LogP contribution in [0.1, 0.15) is 36.0 Å². The topological polar surface area (TPSA) is 102 Å². The fraction of sp³-hybridized carbons (Fsp3) is 0.250. The van der Waals surface area contributed by atoms with Crippen molar-refractivity contribution in [3.8, 4) is 6.07 Å². The number of pyridine rings is 1. The Balaban J connectivity index is 1.90. The maximum atomic E-state index is 8.96. The molecule has 1 unspecified atom stereocenters.